The molecule has 6 nitrogen and oxygen atoms in total. The zero-order chi connectivity index (χ0) is 38.8. The molecule has 0 radical (unpaired) electrons. The normalized spacial score (nSPS) is 17.3. The summed E-state index contributed by atoms with van der Waals surface area (Å²) in [6.45, 7) is 28.7. The number of rotatable bonds is 7. The summed E-state index contributed by atoms with van der Waals surface area (Å²) in [5, 5.41) is 10.7. The molecule has 0 spiro atoms. The standard InChI is InChI=1S/C29H31F2N5OS.C6H14.C3H8.2C2H6/c1-5-16(4)23(25-17(9-32)22(33)14-38-28(25)21(30)6-2)24-20-13-37-12-19(20)18-10-34-29(35-27(18)26(24)31)36-8-7-15(3)11-36;1-4-5-6(2)3;1-3-2;2*1-2/h6,10,15H,5,7-8,11-14,33H2,1-4H3;6H,4-5H2,1-3H3;3H2,1-2H3;2*1-2H3/b21-6+,23-16+;;;;. The fraction of sp³-hybridized carbons (Fsp3) is 0.595. The summed E-state index contributed by atoms with van der Waals surface area (Å²) in [5.41, 5.74) is 10.5. The summed E-state index contributed by atoms with van der Waals surface area (Å²) in [4.78, 5) is 11.7. The predicted molar refractivity (Wildman–Crippen MR) is 216 cm³/mol. The lowest BCUT2D eigenvalue weighted by Gasteiger charge is -2.26. The number of ether oxygens (including phenoxy) is 1. The van der Waals surface area contributed by atoms with Gasteiger partial charge in [-0.3, -0.25) is 0 Å². The van der Waals surface area contributed by atoms with Crippen molar-refractivity contribution >= 4 is 34.2 Å². The van der Waals surface area contributed by atoms with Crippen LogP contribution in [0.5, 0.6) is 0 Å². The monoisotopic (exact) mass is 725 g/mol. The number of anilines is 1. The van der Waals surface area contributed by atoms with Crippen molar-refractivity contribution in [2.75, 3.05) is 23.7 Å². The molecule has 5 rings (SSSR count). The highest BCUT2D eigenvalue weighted by Gasteiger charge is 2.34. The Balaban J connectivity index is 0.000000873. The molecule has 0 saturated carbocycles. The number of hydrogen-bond donors (Lipinski definition) is 1. The van der Waals surface area contributed by atoms with Gasteiger partial charge in [-0.25, -0.2) is 18.7 Å². The van der Waals surface area contributed by atoms with Crippen molar-refractivity contribution < 1.29 is 13.5 Å². The van der Waals surface area contributed by atoms with Crippen LogP contribution in [-0.4, -0.2) is 28.8 Å². The Morgan fingerprint density at radius 2 is 1.78 bits per heavy atom. The Morgan fingerprint density at radius 3 is 2.27 bits per heavy atom. The molecule has 0 aliphatic carbocycles. The van der Waals surface area contributed by atoms with Gasteiger partial charge in [-0.15, -0.1) is 11.8 Å². The first kappa shape index (κ1) is 45.8. The van der Waals surface area contributed by atoms with Gasteiger partial charge in [-0.05, 0) is 55.2 Å². The number of allylic oxidation sites excluding steroid dienone is 6. The van der Waals surface area contributed by atoms with E-state index in [0.29, 0.717) is 63.2 Å². The van der Waals surface area contributed by atoms with Crippen LogP contribution < -0.4 is 10.6 Å². The smallest absolute Gasteiger partial charge is 0.225 e. The van der Waals surface area contributed by atoms with Gasteiger partial charge in [0.2, 0.25) is 5.95 Å². The number of hydrogen-bond acceptors (Lipinski definition) is 7. The van der Waals surface area contributed by atoms with Crippen molar-refractivity contribution in [1.29, 1.82) is 5.26 Å². The fourth-order valence-electron chi connectivity index (χ4n) is 5.99. The molecule has 4 heterocycles. The Morgan fingerprint density at radius 1 is 1.16 bits per heavy atom. The molecule has 1 unspecified atom stereocenters. The maximum Gasteiger partial charge on any atom is 0.225 e. The van der Waals surface area contributed by atoms with E-state index in [1.165, 1.54) is 37.1 Å². The number of aromatic nitrogens is 2. The van der Waals surface area contributed by atoms with Crippen LogP contribution in [0.2, 0.25) is 0 Å². The zero-order valence-electron chi connectivity index (χ0n) is 33.8. The van der Waals surface area contributed by atoms with Crippen molar-refractivity contribution in [3.63, 3.8) is 0 Å². The molecule has 1 fully saturated rings. The van der Waals surface area contributed by atoms with E-state index >= 15 is 8.78 Å². The van der Waals surface area contributed by atoms with Crippen LogP contribution in [-0.2, 0) is 18.0 Å². The highest BCUT2D eigenvalue weighted by atomic mass is 32.2. The van der Waals surface area contributed by atoms with Crippen molar-refractivity contribution in [3.05, 3.63) is 67.9 Å². The van der Waals surface area contributed by atoms with Crippen LogP contribution in [0.1, 0.15) is 139 Å². The molecule has 51 heavy (non-hydrogen) atoms. The Labute approximate surface area is 312 Å². The van der Waals surface area contributed by atoms with Crippen LogP contribution in [0.15, 0.2) is 45.4 Å². The lowest BCUT2D eigenvalue weighted by Crippen LogP contribution is -2.22. The van der Waals surface area contributed by atoms with E-state index in [9.17, 15) is 5.26 Å². The molecule has 2 N–H and O–H groups in total. The minimum atomic E-state index is -0.512. The SMILES string of the molecule is C/C=C(/F)C1=C(/C(=C(\C)CC)c2c3c(c4cnc(N5CCC(C)C5)nc4c2F)COC3)C(C#N)=C(N)CS1.CC.CC.CCC.CCCC(C)C. The summed E-state index contributed by atoms with van der Waals surface area (Å²) in [6, 6.07) is 2.19. The van der Waals surface area contributed by atoms with Gasteiger partial charge in [0.1, 0.15) is 17.4 Å². The number of benzene rings is 1. The molecule has 1 saturated heterocycles. The van der Waals surface area contributed by atoms with Gasteiger partial charge in [0.25, 0.3) is 0 Å². The summed E-state index contributed by atoms with van der Waals surface area (Å²) in [5.74, 6) is 1.22. The average Bonchev–Trinajstić information content (AvgIpc) is 3.81. The second-order valence-electron chi connectivity index (χ2n) is 13.0. The molecular formula is C42H65F2N5OS. The highest BCUT2D eigenvalue weighted by Crippen LogP contribution is 2.48. The summed E-state index contributed by atoms with van der Waals surface area (Å²) >= 11 is 1.23. The molecule has 1 aromatic carbocycles. The van der Waals surface area contributed by atoms with E-state index in [4.69, 9.17) is 15.5 Å². The minimum Gasteiger partial charge on any atom is -0.400 e. The van der Waals surface area contributed by atoms with Gasteiger partial charge in [0.05, 0.1) is 23.7 Å². The number of thioether (sulfide) groups is 1. The highest BCUT2D eigenvalue weighted by molar-refractivity contribution is 8.03. The van der Waals surface area contributed by atoms with E-state index in [1.807, 2.05) is 41.5 Å². The Hall–Kier alpha value is -3.22. The largest absolute Gasteiger partial charge is 0.400 e. The summed E-state index contributed by atoms with van der Waals surface area (Å²) in [6.07, 6.45) is 8.61. The maximum absolute atomic E-state index is 16.8. The lowest BCUT2D eigenvalue weighted by atomic mass is 9.83. The van der Waals surface area contributed by atoms with Crippen LogP contribution >= 0.6 is 11.8 Å². The van der Waals surface area contributed by atoms with E-state index in [0.717, 1.165) is 36.6 Å². The predicted octanol–water partition coefficient (Wildman–Crippen LogP) is 12.4. The third kappa shape index (κ3) is 11.4. The summed E-state index contributed by atoms with van der Waals surface area (Å²) in [7, 11) is 0. The molecule has 284 valence electrons. The van der Waals surface area contributed by atoms with Crippen LogP contribution in [0.3, 0.4) is 0 Å². The lowest BCUT2D eigenvalue weighted by molar-refractivity contribution is 0.134. The first-order chi connectivity index (χ1) is 24.5. The van der Waals surface area contributed by atoms with Gasteiger partial charge < -0.3 is 15.4 Å². The quantitative estimate of drug-likeness (QED) is 0.304. The molecular weight excluding hydrogens is 661 g/mol. The number of nitrogens with zero attached hydrogens (tertiary/aromatic N) is 4. The molecule has 3 aliphatic rings. The van der Waals surface area contributed by atoms with E-state index in [2.05, 4.69) is 57.5 Å². The van der Waals surface area contributed by atoms with Crippen molar-refractivity contribution in [2.45, 2.75) is 135 Å². The topological polar surface area (TPSA) is 88.1 Å². The van der Waals surface area contributed by atoms with Gasteiger partial charge in [-0.2, -0.15) is 5.26 Å². The minimum absolute atomic E-state index is 0.181. The molecule has 0 bridgehead atoms. The first-order valence-electron chi connectivity index (χ1n) is 19.1. The van der Waals surface area contributed by atoms with E-state index in [-0.39, 0.29) is 23.4 Å². The second-order valence-corrected chi connectivity index (χ2v) is 13.9. The van der Waals surface area contributed by atoms with E-state index in [1.54, 1.807) is 13.1 Å². The number of nitriles is 1. The zero-order valence-corrected chi connectivity index (χ0v) is 34.6. The Kier molecular flexibility index (Phi) is 21.0. The average molecular weight is 726 g/mol. The fourth-order valence-corrected chi connectivity index (χ4v) is 7.04. The van der Waals surface area contributed by atoms with Gasteiger partial charge >= 0.3 is 0 Å². The third-order valence-corrected chi connectivity index (χ3v) is 9.61. The third-order valence-electron chi connectivity index (χ3n) is 8.47. The van der Waals surface area contributed by atoms with Gasteiger partial charge in [-0.1, -0.05) is 107 Å². The van der Waals surface area contributed by atoms with Crippen molar-refractivity contribution in [2.24, 2.45) is 17.6 Å². The van der Waals surface area contributed by atoms with E-state index < -0.39 is 11.6 Å². The second kappa shape index (κ2) is 23.4. The number of nitrogens with two attached hydrogens (primary N) is 1. The van der Waals surface area contributed by atoms with Crippen LogP contribution in [0.25, 0.3) is 16.5 Å². The van der Waals surface area contributed by atoms with Crippen molar-refractivity contribution in [3.8, 4) is 6.07 Å². The van der Waals surface area contributed by atoms with Gasteiger partial charge in [0, 0.05) is 47.3 Å². The number of fused-ring (bicyclic) bond motifs is 3. The maximum atomic E-state index is 16.8. The molecule has 9 heteroatoms. The Bertz CT molecular complexity index is 1600. The van der Waals surface area contributed by atoms with Crippen LogP contribution in [0.4, 0.5) is 14.7 Å². The molecule has 1 atom stereocenters. The molecule has 3 aliphatic heterocycles. The summed E-state index contributed by atoms with van der Waals surface area (Å²) < 4.78 is 37.9. The molecule has 1 aromatic heterocycles. The van der Waals surface area contributed by atoms with Crippen LogP contribution in [0, 0.1) is 29.0 Å². The molecule has 2 aromatic rings. The van der Waals surface area contributed by atoms with Crippen molar-refractivity contribution in [1.82, 2.24) is 9.97 Å². The molecule has 0 amide bonds. The number of halogens is 2. The van der Waals surface area contributed by atoms with Gasteiger partial charge in [0.15, 0.2) is 5.82 Å². The first-order valence-corrected chi connectivity index (χ1v) is 20.1.